The number of benzene rings is 1. The van der Waals surface area contributed by atoms with Gasteiger partial charge in [-0.2, -0.15) is 28.3 Å². The van der Waals surface area contributed by atoms with Gasteiger partial charge in [0, 0.05) is 56.9 Å². The number of rotatable bonds is 8. The molecule has 0 atom stereocenters. The van der Waals surface area contributed by atoms with Crippen molar-refractivity contribution in [2.75, 3.05) is 19.0 Å². The maximum Gasteiger partial charge on any atom is 0.281 e. The zero-order valence-corrected chi connectivity index (χ0v) is 21.3. The number of sulfonamides is 1. The number of nitro groups is 1. The van der Waals surface area contributed by atoms with E-state index in [0.717, 1.165) is 16.0 Å². The summed E-state index contributed by atoms with van der Waals surface area (Å²) in [5, 5.41) is 28.8. The van der Waals surface area contributed by atoms with Crippen LogP contribution in [0, 0.1) is 21.4 Å². The molecule has 12 nitrogen and oxygen atoms in total. The Morgan fingerprint density at radius 1 is 1.22 bits per heavy atom. The highest BCUT2D eigenvalue weighted by Crippen LogP contribution is 2.31. The van der Waals surface area contributed by atoms with Crippen molar-refractivity contribution in [2.45, 2.75) is 11.4 Å². The lowest BCUT2D eigenvalue weighted by Crippen LogP contribution is -2.26. The molecule has 0 radical (unpaired) electrons. The van der Waals surface area contributed by atoms with E-state index in [1.54, 1.807) is 48.7 Å². The molecule has 3 heterocycles. The number of fused-ring (bicyclic) bond motifs is 1. The molecule has 0 fully saturated rings. The van der Waals surface area contributed by atoms with Crippen LogP contribution in [0.1, 0.15) is 16.7 Å². The van der Waals surface area contributed by atoms with Gasteiger partial charge in [0.05, 0.1) is 40.2 Å². The van der Waals surface area contributed by atoms with Crippen LogP contribution in [-0.4, -0.2) is 52.7 Å². The lowest BCUT2D eigenvalue weighted by atomic mass is 10.2. The molecule has 4 rings (SSSR count). The Morgan fingerprint density at radius 2 is 2.00 bits per heavy atom. The van der Waals surface area contributed by atoms with Crippen molar-refractivity contribution in [1.29, 1.82) is 5.26 Å². The van der Waals surface area contributed by atoms with Gasteiger partial charge in [0.25, 0.3) is 15.7 Å². The van der Waals surface area contributed by atoms with Crippen LogP contribution in [0.5, 0.6) is 0 Å². The second-order valence-electron chi connectivity index (χ2n) is 7.77. The van der Waals surface area contributed by atoms with Crippen LogP contribution >= 0.6 is 12.4 Å². The van der Waals surface area contributed by atoms with Gasteiger partial charge in [-0.3, -0.25) is 15.1 Å². The summed E-state index contributed by atoms with van der Waals surface area (Å²) in [5.74, 6) is 0. The first-order chi connectivity index (χ1) is 17.2. The van der Waals surface area contributed by atoms with E-state index >= 15 is 0 Å². The standard InChI is InChI=1S/C23H20N8O4S.ClH/c1-28(16-18-4-3-8-25-13-18)21-6-5-20(31(32)33)11-23(21)36(34,35)29(2)26-14-19-15-27-30-9-7-17(12-24)10-22(19)30;/h3-11,13-15H,16H2,1-2H3;1H/b26-14-;. The molecule has 14 heteroatoms. The summed E-state index contributed by atoms with van der Waals surface area (Å²) in [6, 6.07) is 12.5. The average molecular weight is 541 g/mol. The molecule has 0 spiro atoms. The first-order valence-corrected chi connectivity index (χ1v) is 11.9. The lowest BCUT2D eigenvalue weighted by Gasteiger charge is -2.24. The number of pyridine rings is 2. The molecule has 190 valence electrons. The number of halogens is 1. The SMILES string of the molecule is CN(Cc1cccnc1)c1ccc([N+](=O)[O-])cc1S(=O)(=O)N(C)/N=C\c1cnn2ccc(C#N)cc12.Cl. The molecular formula is C23H21ClN8O4S. The van der Waals surface area contributed by atoms with Crippen LogP contribution in [0.4, 0.5) is 11.4 Å². The van der Waals surface area contributed by atoms with Crippen LogP contribution in [0.3, 0.4) is 0 Å². The van der Waals surface area contributed by atoms with Gasteiger partial charge in [0.15, 0.2) is 0 Å². The van der Waals surface area contributed by atoms with Gasteiger partial charge < -0.3 is 4.90 Å². The Kier molecular flexibility index (Phi) is 8.06. The molecule has 3 aromatic heterocycles. The molecule has 37 heavy (non-hydrogen) atoms. The van der Waals surface area contributed by atoms with E-state index in [-0.39, 0.29) is 28.7 Å². The normalized spacial score (nSPS) is 11.2. The molecule has 0 saturated heterocycles. The van der Waals surface area contributed by atoms with Crippen molar-refractivity contribution in [1.82, 2.24) is 19.0 Å². The van der Waals surface area contributed by atoms with Crippen LogP contribution < -0.4 is 4.90 Å². The Morgan fingerprint density at radius 3 is 2.68 bits per heavy atom. The third kappa shape index (κ3) is 5.66. The molecule has 0 N–H and O–H groups in total. The van der Waals surface area contributed by atoms with E-state index in [4.69, 9.17) is 5.26 Å². The number of non-ortho nitro benzene ring substituents is 1. The van der Waals surface area contributed by atoms with E-state index in [1.807, 2.05) is 12.1 Å². The highest BCUT2D eigenvalue weighted by atomic mass is 35.5. The number of hydrogen-bond acceptors (Lipinski definition) is 9. The van der Waals surface area contributed by atoms with Crippen molar-refractivity contribution in [3.63, 3.8) is 0 Å². The van der Waals surface area contributed by atoms with E-state index in [9.17, 15) is 18.5 Å². The number of hydrazone groups is 1. The summed E-state index contributed by atoms with van der Waals surface area (Å²) in [4.78, 5) is 16.2. The topological polar surface area (TPSA) is 150 Å². The Bertz CT molecular complexity index is 1620. The molecule has 0 aliphatic heterocycles. The molecule has 1 aromatic carbocycles. The highest BCUT2D eigenvalue weighted by Gasteiger charge is 2.27. The highest BCUT2D eigenvalue weighted by molar-refractivity contribution is 7.89. The monoisotopic (exact) mass is 540 g/mol. The van der Waals surface area contributed by atoms with Crippen LogP contribution in [0.25, 0.3) is 5.52 Å². The van der Waals surface area contributed by atoms with Gasteiger partial charge in [0.2, 0.25) is 0 Å². The number of nitro benzene ring substituents is 1. The molecule has 0 aliphatic rings. The summed E-state index contributed by atoms with van der Waals surface area (Å²) in [6.45, 7) is 0.324. The Labute approximate surface area is 218 Å². The van der Waals surface area contributed by atoms with Crippen molar-refractivity contribution in [2.24, 2.45) is 5.10 Å². The molecule has 0 aliphatic carbocycles. The van der Waals surface area contributed by atoms with E-state index in [1.165, 1.54) is 36.1 Å². The molecule has 4 aromatic rings. The number of anilines is 1. The Hall–Kier alpha value is -4.54. The first-order valence-electron chi connectivity index (χ1n) is 10.5. The minimum atomic E-state index is -4.29. The second-order valence-corrected chi connectivity index (χ2v) is 9.69. The second kappa shape index (κ2) is 11.0. The van der Waals surface area contributed by atoms with Crippen molar-refractivity contribution in [3.8, 4) is 6.07 Å². The number of nitrogens with zero attached hydrogens (tertiary/aromatic N) is 8. The molecule has 0 saturated carbocycles. The smallest absolute Gasteiger partial charge is 0.281 e. The lowest BCUT2D eigenvalue weighted by molar-refractivity contribution is -0.385. The average Bonchev–Trinajstić information content (AvgIpc) is 3.29. The van der Waals surface area contributed by atoms with Crippen LogP contribution in [-0.2, 0) is 16.6 Å². The van der Waals surface area contributed by atoms with Gasteiger partial charge in [-0.1, -0.05) is 6.07 Å². The maximum atomic E-state index is 13.5. The van der Waals surface area contributed by atoms with Gasteiger partial charge in [-0.15, -0.1) is 12.4 Å². The van der Waals surface area contributed by atoms with Crippen molar-refractivity contribution in [3.05, 3.63) is 94.1 Å². The largest absolute Gasteiger partial charge is 0.369 e. The summed E-state index contributed by atoms with van der Waals surface area (Å²) in [5.41, 5.74) is 2.20. The first kappa shape index (κ1) is 27.1. The zero-order chi connectivity index (χ0) is 25.9. The quantitative estimate of drug-likeness (QED) is 0.188. The summed E-state index contributed by atoms with van der Waals surface area (Å²) < 4.78 is 29.3. The fourth-order valence-corrected chi connectivity index (χ4v) is 4.72. The summed E-state index contributed by atoms with van der Waals surface area (Å²) >= 11 is 0. The van der Waals surface area contributed by atoms with Crippen molar-refractivity contribution < 1.29 is 13.3 Å². The van der Waals surface area contributed by atoms with Gasteiger partial charge >= 0.3 is 0 Å². The fraction of sp³-hybridized carbons (Fsp3) is 0.130. The van der Waals surface area contributed by atoms with E-state index in [2.05, 4.69) is 15.2 Å². The summed E-state index contributed by atoms with van der Waals surface area (Å²) in [6.07, 6.45) is 7.68. The Balaban J connectivity index is 0.00000380. The maximum absolute atomic E-state index is 13.5. The van der Waals surface area contributed by atoms with E-state index in [0.29, 0.717) is 23.2 Å². The van der Waals surface area contributed by atoms with Gasteiger partial charge in [-0.05, 0) is 29.8 Å². The van der Waals surface area contributed by atoms with Crippen molar-refractivity contribution >= 4 is 45.5 Å². The predicted octanol–water partition coefficient (Wildman–Crippen LogP) is 3.22. The molecule has 0 unspecified atom stereocenters. The third-order valence-corrected chi connectivity index (χ3v) is 7.05. The van der Waals surface area contributed by atoms with Gasteiger partial charge in [0.1, 0.15) is 4.90 Å². The van der Waals surface area contributed by atoms with Gasteiger partial charge in [-0.25, -0.2) is 4.52 Å². The molecule has 0 bridgehead atoms. The summed E-state index contributed by atoms with van der Waals surface area (Å²) in [7, 11) is -1.37. The van der Waals surface area contributed by atoms with Crippen LogP contribution in [0.2, 0.25) is 0 Å². The number of aromatic nitrogens is 3. The fourth-order valence-electron chi connectivity index (χ4n) is 3.51. The minimum absolute atomic E-state index is 0. The van der Waals surface area contributed by atoms with Crippen LogP contribution in [0.15, 0.2) is 77.2 Å². The number of hydrogen-bond donors (Lipinski definition) is 0. The molecule has 0 amide bonds. The minimum Gasteiger partial charge on any atom is -0.369 e. The molecular weight excluding hydrogens is 520 g/mol. The third-order valence-electron chi connectivity index (χ3n) is 5.37. The predicted molar refractivity (Wildman–Crippen MR) is 139 cm³/mol. The zero-order valence-electron chi connectivity index (χ0n) is 19.7. The van der Waals surface area contributed by atoms with E-state index < -0.39 is 14.9 Å². The number of nitriles is 1.